The maximum absolute atomic E-state index is 12.7. The fraction of sp³-hybridized carbons (Fsp3) is 0.474. The highest BCUT2D eigenvalue weighted by Crippen LogP contribution is 2.25. The van der Waals surface area contributed by atoms with Gasteiger partial charge in [-0.15, -0.1) is 0 Å². The lowest BCUT2D eigenvalue weighted by molar-refractivity contribution is -0.126. The Balaban J connectivity index is 1.50. The van der Waals surface area contributed by atoms with Gasteiger partial charge in [-0.2, -0.15) is 9.41 Å². The van der Waals surface area contributed by atoms with Crippen LogP contribution < -0.4 is 5.43 Å². The third-order valence-corrected chi connectivity index (χ3v) is 7.49. The quantitative estimate of drug-likeness (QED) is 0.421. The van der Waals surface area contributed by atoms with E-state index in [1.54, 1.807) is 24.3 Å². The molecule has 2 aliphatic rings. The molecule has 1 aromatic carbocycles. The van der Waals surface area contributed by atoms with E-state index >= 15 is 0 Å². The maximum Gasteiger partial charge on any atom is 0.243 e. The number of amides is 1. The fourth-order valence-corrected chi connectivity index (χ4v) is 5.10. The SMILES string of the molecule is O=C(N/N=C\[C@@H]1CC=CCC1)C1CCN(S(=O)(=O)c2ccc(Br)cc2)CC1. The number of rotatable bonds is 5. The number of nitrogens with zero attached hydrogens (tertiary/aromatic N) is 2. The number of carbonyl (C=O) groups excluding carboxylic acids is 1. The first-order chi connectivity index (χ1) is 13.0. The number of nitrogens with one attached hydrogen (secondary N) is 1. The van der Waals surface area contributed by atoms with Crippen LogP contribution in [0.3, 0.4) is 0 Å². The van der Waals surface area contributed by atoms with Crippen molar-refractivity contribution in [2.75, 3.05) is 13.1 Å². The van der Waals surface area contributed by atoms with Crippen molar-refractivity contribution in [3.05, 3.63) is 40.9 Å². The average Bonchev–Trinajstić information content (AvgIpc) is 2.69. The summed E-state index contributed by atoms with van der Waals surface area (Å²) in [5.74, 6) is 0.0521. The van der Waals surface area contributed by atoms with Crippen molar-refractivity contribution < 1.29 is 13.2 Å². The number of hydrogen-bond acceptors (Lipinski definition) is 4. The molecule has 0 unspecified atom stereocenters. The molecule has 1 N–H and O–H groups in total. The Bertz CT molecular complexity index is 813. The van der Waals surface area contributed by atoms with E-state index in [0.29, 0.717) is 31.8 Å². The van der Waals surface area contributed by atoms with Gasteiger partial charge < -0.3 is 0 Å². The van der Waals surface area contributed by atoms with Crippen molar-refractivity contribution in [2.45, 2.75) is 37.0 Å². The number of halogens is 1. The molecule has 0 radical (unpaired) electrons. The molecule has 8 heteroatoms. The summed E-state index contributed by atoms with van der Waals surface area (Å²) in [5, 5.41) is 4.10. The van der Waals surface area contributed by atoms with Gasteiger partial charge in [0, 0.05) is 29.7 Å². The van der Waals surface area contributed by atoms with E-state index in [0.717, 1.165) is 23.7 Å². The van der Waals surface area contributed by atoms with Gasteiger partial charge in [0.15, 0.2) is 0 Å². The summed E-state index contributed by atoms with van der Waals surface area (Å²) in [5.41, 5.74) is 2.62. The normalized spacial score (nSPS) is 22.2. The second-order valence-corrected chi connectivity index (χ2v) is 9.78. The lowest BCUT2D eigenvalue weighted by Crippen LogP contribution is -2.42. The van der Waals surface area contributed by atoms with Crippen LogP contribution >= 0.6 is 15.9 Å². The average molecular weight is 454 g/mol. The molecule has 1 fully saturated rings. The number of sulfonamides is 1. The highest BCUT2D eigenvalue weighted by Gasteiger charge is 2.32. The van der Waals surface area contributed by atoms with E-state index < -0.39 is 10.0 Å². The molecule has 1 amide bonds. The maximum atomic E-state index is 12.7. The van der Waals surface area contributed by atoms with Crippen LogP contribution in [0.15, 0.2) is 50.9 Å². The van der Waals surface area contributed by atoms with Gasteiger partial charge in [0.2, 0.25) is 15.9 Å². The second-order valence-electron chi connectivity index (χ2n) is 6.93. The third-order valence-electron chi connectivity index (χ3n) is 5.05. The summed E-state index contributed by atoms with van der Waals surface area (Å²) < 4.78 is 27.7. The molecule has 0 aromatic heterocycles. The smallest absolute Gasteiger partial charge is 0.243 e. The molecule has 146 valence electrons. The topological polar surface area (TPSA) is 78.8 Å². The Morgan fingerprint density at radius 1 is 1.15 bits per heavy atom. The van der Waals surface area contributed by atoms with Gasteiger partial charge in [0.25, 0.3) is 0 Å². The van der Waals surface area contributed by atoms with Gasteiger partial charge in [-0.05, 0) is 62.3 Å². The summed E-state index contributed by atoms with van der Waals surface area (Å²) >= 11 is 3.31. The van der Waals surface area contributed by atoms with Gasteiger partial charge in [-0.1, -0.05) is 28.1 Å². The van der Waals surface area contributed by atoms with E-state index in [4.69, 9.17) is 0 Å². The zero-order valence-electron chi connectivity index (χ0n) is 15.1. The Morgan fingerprint density at radius 2 is 1.85 bits per heavy atom. The fourth-order valence-electron chi connectivity index (χ4n) is 3.36. The highest BCUT2D eigenvalue weighted by molar-refractivity contribution is 9.10. The number of hydrogen-bond donors (Lipinski definition) is 1. The van der Waals surface area contributed by atoms with Gasteiger partial charge in [-0.25, -0.2) is 13.8 Å². The molecule has 0 bridgehead atoms. The molecular weight excluding hydrogens is 430 g/mol. The summed E-state index contributed by atoms with van der Waals surface area (Å²) in [7, 11) is -3.51. The van der Waals surface area contributed by atoms with Crippen LogP contribution in [-0.2, 0) is 14.8 Å². The van der Waals surface area contributed by atoms with E-state index in [1.807, 2.05) is 6.21 Å². The molecule has 1 aliphatic carbocycles. The van der Waals surface area contributed by atoms with Crippen molar-refractivity contribution >= 4 is 38.1 Å². The summed E-state index contributed by atoms with van der Waals surface area (Å²) in [6, 6.07) is 6.61. The standard InChI is InChI=1S/C19H24BrN3O3S/c20-17-6-8-18(9-7-17)27(25,26)23-12-10-16(11-13-23)19(24)22-21-14-15-4-2-1-3-5-15/h1-2,6-9,14-16H,3-5,10-13H2,(H,22,24)/b21-14-/t15-/m1/s1. The van der Waals surface area contributed by atoms with Gasteiger partial charge in [0.05, 0.1) is 4.90 Å². The van der Waals surface area contributed by atoms with E-state index in [-0.39, 0.29) is 16.7 Å². The lowest BCUT2D eigenvalue weighted by atomic mass is 9.96. The Hall–Kier alpha value is -1.51. The van der Waals surface area contributed by atoms with Crippen molar-refractivity contribution in [2.24, 2.45) is 16.9 Å². The van der Waals surface area contributed by atoms with Crippen LogP contribution in [0.25, 0.3) is 0 Å². The molecule has 27 heavy (non-hydrogen) atoms. The van der Waals surface area contributed by atoms with E-state index in [1.165, 1.54) is 4.31 Å². The molecule has 1 heterocycles. The summed E-state index contributed by atoms with van der Waals surface area (Å²) in [6.45, 7) is 0.682. The molecule has 1 aromatic rings. The molecule has 6 nitrogen and oxygen atoms in total. The highest BCUT2D eigenvalue weighted by atomic mass is 79.9. The molecule has 0 spiro atoms. The zero-order valence-corrected chi connectivity index (χ0v) is 17.5. The van der Waals surface area contributed by atoms with Gasteiger partial charge in [0.1, 0.15) is 0 Å². The molecule has 3 rings (SSSR count). The minimum atomic E-state index is -3.51. The van der Waals surface area contributed by atoms with Crippen LogP contribution in [0.4, 0.5) is 0 Å². The Morgan fingerprint density at radius 3 is 2.48 bits per heavy atom. The Labute approximate surface area is 168 Å². The number of piperidine rings is 1. The van der Waals surface area contributed by atoms with Crippen LogP contribution in [-0.4, -0.2) is 37.9 Å². The zero-order chi connectivity index (χ0) is 19.3. The molecule has 1 aliphatic heterocycles. The van der Waals surface area contributed by atoms with Crippen LogP contribution in [0.1, 0.15) is 32.1 Å². The molecule has 1 saturated heterocycles. The van der Waals surface area contributed by atoms with E-state index in [9.17, 15) is 13.2 Å². The molecule has 0 saturated carbocycles. The lowest BCUT2D eigenvalue weighted by Gasteiger charge is -2.30. The summed E-state index contributed by atoms with van der Waals surface area (Å²) in [4.78, 5) is 12.6. The number of allylic oxidation sites excluding steroid dienone is 2. The number of carbonyl (C=O) groups is 1. The predicted octanol–water partition coefficient (Wildman–Crippen LogP) is 3.31. The van der Waals surface area contributed by atoms with E-state index in [2.05, 4.69) is 38.6 Å². The van der Waals surface area contributed by atoms with Gasteiger partial charge >= 0.3 is 0 Å². The van der Waals surface area contributed by atoms with Crippen molar-refractivity contribution in [3.8, 4) is 0 Å². The first-order valence-electron chi connectivity index (χ1n) is 9.20. The first-order valence-corrected chi connectivity index (χ1v) is 11.4. The van der Waals surface area contributed by atoms with Crippen molar-refractivity contribution in [1.29, 1.82) is 0 Å². The minimum Gasteiger partial charge on any atom is -0.273 e. The van der Waals surface area contributed by atoms with Crippen LogP contribution in [0.2, 0.25) is 0 Å². The number of benzene rings is 1. The number of hydrazone groups is 1. The van der Waals surface area contributed by atoms with Crippen LogP contribution in [0, 0.1) is 11.8 Å². The molecular formula is C19H24BrN3O3S. The third kappa shape index (κ3) is 5.27. The van der Waals surface area contributed by atoms with Crippen LogP contribution in [0.5, 0.6) is 0 Å². The minimum absolute atomic E-state index is 0.127. The largest absolute Gasteiger partial charge is 0.273 e. The van der Waals surface area contributed by atoms with Gasteiger partial charge in [-0.3, -0.25) is 4.79 Å². The Kier molecular flexibility index (Phi) is 6.83. The van der Waals surface area contributed by atoms with Crippen molar-refractivity contribution in [3.63, 3.8) is 0 Å². The molecule has 1 atom stereocenters. The second kappa shape index (κ2) is 9.12. The first kappa shape index (κ1) is 20.2. The predicted molar refractivity (Wildman–Crippen MR) is 109 cm³/mol. The summed E-state index contributed by atoms with van der Waals surface area (Å²) in [6.07, 6.45) is 10.2. The van der Waals surface area contributed by atoms with Crippen molar-refractivity contribution in [1.82, 2.24) is 9.73 Å². The monoisotopic (exact) mass is 453 g/mol.